The number of aryl methyl sites for hydroxylation is 2. The van der Waals surface area contributed by atoms with E-state index in [2.05, 4.69) is 5.43 Å². The number of fused-ring (bicyclic) bond motifs is 1. The van der Waals surface area contributed by atoms with Crippen LogP contribution in [-0.4, -0.2) is 34.7 Å². The van der Waals surface area contributed by atoms with E-state index in [9.17, 15) is 9.59 Å². The molecule has 0 spiro atoms. The van der Waals surface area contributed by atoms with E-state index in [0.29, 0.717) is 11.3 Å². The first kappa shape index (κ1) is 22.2. The lowest BCUT2D eigenvalue weighted by atomic mass is 10.1. The van der Waals surface area contributed by atoms with Crippen LogP contribution in [-0.2, 0) is 4.79 Å². The Hall–Kier alpha value is -4.00. The summed E-state index contributed by atoms with van der Waals surface area (Å²) >= 11 is 0. The third-order valence-electron chi connectivity index (χ3n) is 5.74. The van der Waals surface area contributed by atoms with Gasteiger partial charge in [0.2, 0.25) is 0 Å². The summed E-state index contributed by atoms with van der Waals surface area (Å²) in [5.41, 5.74) is 7.98. The van der Waals surface area contributed by atoms with Crippen molar-refractivity contribution < 1.29 is 19.1 Å². The molecule has 7 nitrogen and oxygen atoms in total. The zero-order chi connectivity index (χ0) is 23.7. The quantitative estimate of drug-likeness (QED) is 0.418. The Balaban J connectivity index is 1.63. The van der Waals surface area contributed by atoms with E-state index in [4.69, 9.17) is 9.47 Å². The minimum absolute atomic E-state index is 0.0294. The number of methoxy groups -OCH3 is 1. The number of Topliss-reactive ketones (excluding diaryl/α,β-unsaturated/α-hetero) is 1. The van der Waals surface area contributed by atoms with Gasteiger partial charge < -0.3 is 14.0 Å². The molecule has 0 saturated heterocycles. The number of carbonyl (C=O) groups excluding carboxylic acids is 2. The molecule has 2 aromatic heterocycles. The first-order valence-electron chi connectivity index (χ1n) is 10.7. The van der Waals surface area contributed by atoms with Gasteiger partial charge in [0.15, 0.2) is 12.4 Å². The van der Waals surface area contributed by atoms with E-state index in [0.717, 1.165) is 39.4 Å². The van der Waals surface area contributed by atoms with Gasteiger partial charge in [0.25, 0.3) is 5.91 Å². The standard InChI is InChI=1S/C26H27N3O4/c1-16-6-7-17(2)29(16)27-25(31)15-33-22-12-13-24-23(14-22)26(19(4)30)18(3)28(24)20-8-10-21(32-5)11-9-20/h6-14H,15H2,1-5H3,(H,27,31). The number of amides is 1. The van der Waals surface area contributed by atoms with Gasteiger partial charge in [0.05, 0.1) is 12.6 Å². The van der Waals surface area contributed by atoms with Crippen molar-refractivity contribution in [3.05, 3.63) is 77.2 Å². The number of nitrogens with zero attached hydrogens (tertiary/aromatic N) is 2. The fourth-order valence-electron chi connectivity index (χ4n) is 4.15. The van der Waals surface area contributed by atoms with Crippen molar-refractivity contribution in [3.63, 3.8) is 0 Å². The van der Waals surface area contributed by atoms with Gasteiger partial charge in [-0.3, -0.25) is 19.7 Å². The highest BCUT2D eigenvalue weighted by molar-refractivity contribution is 6.09. The smallest absolute Gasteiger partial charge is 0.276 e. The van der Waals surface area contributed by atoms with Crippen molar-refractivity contribution in [1.29, 1.82) is 0 Å². The van der Waals surface area contributed by atoms with Crippen LogP contribution in [0.1, 0.15) is 34.4 Å². The molecular weight excluding hydrogens is 418 g/mol. The number of nitrogens with one attached hydrogen (secondary N) is 1. The molecule has 0 fully saturated rings. The maximum atomic E-state index is 12.5. The summed E-state index contributed by atoms with van der Waals surface area (Å²) in [6.45, 7) is 7.18. The Kier molecular flexibility index (Phi) is 5.96. The van der Waals surface area contributed by atoms with E-state index >= 15 is 0 Å². The first-order valence-corrected chi connectivity index (χ1v) is 10.7. The van der Waals surface area contributed by atoms with Gasteiger partial charge in [-0.15, -0.1) is 0 Å². The van der Waals surface area contributed by atoms with Crippen LogP contribution in [0.15, 0.2) is 54.6 Å². The highest BCUT2D eigenvalue weighted by Crippen LogP contribution is 2.32. The van der Waals surface area contributed by atoms with Crippen LogP contribution in [0.25, 0.3) is 16.6 Å². The predicted octanol–water partition coefficient (Wildman–Crippen LogP) is 4.72. The van der Waals surface area contributed by atoms with Crippen LogP contribution in [0.4, 0.5) is 0 Å². The number of aromatic nitrogens is 2. The van der Waals surface area contributed by atoms with Crippen molar-refractivity contribution in [2.45, 2.75) is 27.7 Å². The third kappa shape index (κ3) is 4.22. The number of rotatable bonds is 7. The van der Waals surface area contributed by atoms with Crippen LogP contribution in [0.2, 0.25) is 0 Å². The molecular formula is C26H27N3O4. The summed E-state index contributed by atoms with van der Waals surface area (Å²) < 4.78 is 14.8. The second kappa shape index (κ2) is 8.86. The second-order valence-electron chi connectivity index (χ2n) is 8.00. The van der Waals surface area contributed by atoms with Gasteiger partial charge in [-0.1, -0.05) is 0 Å². The van der Waals surface area contributed by atoms with Crippen LogP contribution in [0.5, 0.6) is 11.5 Å². The Morgan fingerprint density at radius 2 is 1.55 bits per heavy atom. The van der Waals surface area contributed by atoms with Crippen LogP contribution >= 0.6 is 0 Å². The number of carbonyl (C=O) groups is 2. The molecule has 0 bridgehead atoms. The van der Waals surface area contributed by atoms with E-state index in [-0.39, 0.29) is 18.3 Å². The minimum Gasteiger partial charge on any atom is -0.497 e. The van der Waals surface area contributed by atoms with Gasteiger partial charge in [-0.2, -0.15) is 0 Å². The van der Waals surface area contributed by atoms with Crippen molar-refractivity contribution in [2.24, 2.45) is 0 Å². The maximum Gasteiger partial charge on any atom is 0.276 e. The Labute approximate surface area is 192 Å². The molecule has 0 saturated carbocycles. The normalized spacial score (nSPS) is 10.9. The number of hydrogen-bond acceptors (Lipinski definition) is 4. The Bertz CT molecular complexity index is 1330. The molecule has 0 radical (unpaired) electrons. The lowest BCUT2D eigenvalue weighted by Gasteiger charge is -2.12. The van der Waals surface area contributed by atoms with Crippen LogP contribution in [0.3, 0.4) is 0 Å². The van der Waals surface area contributed by atoms with Gasteiger partial charge in [0, 0.05) is 33.7 Å². The highest BCUT2D eigenvalue weighted by Gasteiger charge is 2.19. The summed E-state index contributed by atoms with van der Waals surface area (Å²) in [6.07, 6.45) is 0. The molecule has 4 rings (SSSR count). The summed E-state index contributed by atoms with van der Waals surface area (Å²) in [7, 11) is 1.63. The molecule has 4 aromatic rings. The first-order chi connectivity index (χ1) is 15.8. The highest BCUT2D eigenvalue weighted by atomic mass is 16.5. The number of benzene rings is 2. The Morgan fingerprint density at radius 3 is 2.15 bits per heavy atom. The van der Waals surface area contributed by atoms with Crippen molar-refractivity contribution in [2.75, 3.05) is 19.1 Å². The molecule has 170 valence electrons. The molecule has 0 unspecified atom stereocenters. The van der Waals surface area contributed by atoms with Gasteiger partial charge >= 0.3 is 0 Å². The lowest BCUT2D eigenvalue weighted by molar-refractivity contribution is -0.119. The molecule has 0 aliphatic carbocycles. The second-order valence-corrected chi connectivity index (χ2v) is 8.00. The lowest BCUT2D eigenvalue weighted by Crippen LogP contribution is -2.29. The van der Waals surface area contributed by atoms with Gasteiger partial charge in [-0.05, 0) is 82.3 Å². The molecule has 1 N–H and O–H groups in total. The van der Waals surface area contributed by atoms with Crippen LogP contribution < -0.4 is 14.9 Å². The number of hydrogen-bond donors (Lipinski definition) is 1. The van der Waals surface area contributed by atoms with E-state index in [1.54, 1.807) is 18.7 Å². The average Bonchev–Trinajstić information content (AvgIpc) is 3.27. The number of ketones is 1. The topological polar surface area (TPSA) is 74.5 Å². The minimum atomic E-state index is -0.267. The molecule has 0 aliphatic heterocycles. The molecule has 2 heterocycles. The van der Waals surface area contributed by atoms with Gasteiger partial charge in [-0.25, -0.2) is 0 Å². The third-order valence-corrected chi connectivity index (χ3v) is 5.74. The zero-order valence-corrected chi connectivity index (χ0v) is 19.4. The average molecular weight is 446 g/mol. The maximum absolute atomic E-state index is 12.5. The van der Waals surface area contributed by atoms with Crippen molar-refractivity contribution >= 4 is 22.6 Å². The molecule has 1 amide bonds. The van der Waals surface area contributed by atoms with E-state index in [1.807, 2.05) is 79.9 Å². The van der Waals surface area contributed by atoms with Crippen molar-refractivity contribution in [1.82, 2.24) is 9.24 Å². The summed E-state index contributed by atoms with van der Waals surface area (Å²) in [5.74, 6) is 0.987. The fraction of sp³-hybridized carbons (Fsp3) is 0.231. The molecule has 0 aliphatic rings. The monoisotopic (exact) mass is 445 g/mol. The molecule has 7 heteroatoms. The fourth-order valence-corrected chi connectivity index (χ4v) is 4.15. The van der Waals surface area contributed by atoms with Gasteiger partial charge in [0.1, 0.15) is 11.5 Å². The summed E-state index contributed by atoms with van der Waals surface area (Å²) in [6, 6.07) is 17.1. The molecule has 0 atom stereocenters. The zero-order valence-electron chi connectivity index (χ0n) is 19.4. The van der Waals surface area contributed by atoms with Crippen LogP contribution in [0, 0.1) is 20.8 Å². The summed E-state index contributed by atoms with van der Waals surface area (Å²) in [5, 5.41) is 0.783. The Morgan fingerprint density at radius 1 is 0.909 bits per heavy atom. The largest absolute Gasteiger partial charge is 0.497 e. The molecule has 33 heavy (non-hydrogen) atoms. The SMILES string of the molecule is COc1ccc(-n2c(C)c(C(C)=O)c3cc(OCC(=O)Nn4c(C)ccc4C)ccc32)cc1. The summed E-state index contributed by atoms with van der Waals surface area (Å²) in [4.78, 5) is 24.9. The predicted molar refractivity (Wildman–Crippen MR) is 128 cm³/mol. The van der Waals surface area contributed by atoms with E-state index < -0.39 is 0 Å². The van der Waals surface area contributed by atoms with Crippen molar-refractivity contribution in [3.8, 4) is 17.2 Å². The molecule has 2 aromatic carbocycles. The van der Waals surface area contributed by atoms with E-state index in [1.165, 1.54) is 0 Å². The number of ether oxygens (including phenoxy) is 2.